The number of hydrogen-bond acceptors (Lipinski definition) is 5. The zero-order valence-electron chi connectivity index (χ0n) is 13.6. The molecule has 0 aromatic carbocycles. The first-order valence-electron chi connectivity index (χ1n) is 6.55. The van der Waals surface area contributed by atoms with Gasteiger partial charge in [-0.25, -0.2) is 14.5 Å². The number of nitrogens with one attached hydrogen (secondary N) is 2. The maximum absolute atomic E-state index is 12.0. The number of carbonyl (C=O) groups is 2. The zero-order valence-corrected chi connectivity index (χ0v) is 13.6. The lowest BCUT2D eigenvalue weighted by atomic mass is 10.2. The topological polar surface area (TPSA) is 91.7 Å². The number of nitrogens with zero attached hydrogens (tertiary/aromatic N) is 1. The van der Waals surface area contributed by atoms with Gasteiger partial charge < -0.3 is 9.47 Å². The first-order chi connectivity index (χ1) is 9.35. The Morgan fingerprint density at radius 2 is 1.62 bits per heavy atom. The molecule has 0 fully saturated rings. The van der Waals surface area contributed by atoms with Crippen LogP contribution in [0.15, 0.2) is 12.7 Å². The zero-order chi connectivity index (χ0) is 16.8. The number of hydrogen-bond donors (Lipinski definition) is 2. The molecule has 0 aliphatic carbocycles. The summed E-state index contributed by atoms with van der Waals surface area (Å²) in [6.45, 7) is 13.8. The van der Waals surface area contributed by atoms with Crippen molar-refractivity contribution < 1.29 is 19.1 Å². The Morgan fingerprint density at radius 3 is 2.00 bits per heavy atom. The molecule has 0 aliphatic rings. The molecule has 7 heteroatoms. The van der Waals surface area contributed by atoms with E-state index in [0.29, 0.717) is 0 Å². The lowest BCUT2D eigenvalue weighted by Gasteiger charge is -2.27. The van der Waals surface area contributed by atoms with E-state index in [4.69, 9.17) is 14.9 Å². The summed E-state index contributed by atoms with van der Waals surface area (Å²) < 4.78 is 10.2. The second kappa shape index (κ2) is 7.10. The van der Waals surface area contributed by atoms with Crippen LogP contribution >= 0.6 is 0 Å². The van der Waals surface area contributed by atoms with Crippen molar-refractivity contribution in [3.63, 3.8) is 0 Å². The molecule has 0 aromatic heterocycles. The Kier molecular flexibility index (Phi) is 6.41. The van der Waals surface area contributed by atoms with Crippen molar-refractivity contribution in [2.24, 2.45) is 0 Å². The maximum atomic E-state index is 12.0. The van der Waals surface area contributed by atoms with Gasteiger partial charge in [0.2, 0.25) is 5.96 Å². The predicted molar refractivity (Wildman–Crippen MR) is 80.2 cm³/mol. The largest absolute Gasteiger partial charge is 0.444 e. The summed E-state index contributed by atoms with van der Waals surface area (Å²) in [5.74, 6) is -0.432. The van der Waals surface area contributed by atoms with Gasteiger partial charge in [-0.05, 0) is 41.5 Å². The highest BCUT2D eigenvalue weighted by atomic mass is 16.6. The van der Waals surface area contributed by atoms with E-state index < -0.39 is 29.3 Å². The molecule has 2 N–H and O–H groups in total. The van der Waals surface area contributed by atoms with E-state index in [-0.39, 0.29) is 6.54 Å². The quantitative estimate of drug-likeness (QED) is 0.466. The second-order valence-corrected chi connectivity index (χ2v) is 6.36. The molecule has 21 heavy (non-hydrogen) atoms. The Balaban J connectivity index is 4.81. The highest BCUT2D eigenvalue weighted by molar-refractivity contribution is 5.99. The van der Waals surface area contributed by atoms with E-state index in [2.05, 4.69) is 11.9 Å². The number of amides is 2. The van der Waals surface area contributed by atoms with Crippen LogP contribution in [0.5, 0.6) is 0 Å². The molecule has 7 nitrogen and oxygen atoms in total. The van der Waals surface area contributed by atoms with Crippen molar-refractivity contribution in [3.05, 3.63) is 12.7 Å². The van der Waals surface area contributed by atoms with Crippen LogP contribution < -0.4 is 5.32 Å². The molecule has 2 amide bonds. The summed E-state index contributed by atoms with van der Waals surface area (Å²) in [6.07, 6.45) is -0.136. The van der Waals surface area contributed by atoms with Crippen LogP contribution in [-0.2, 0) is 9.47 Å². The van der Waals surface area contributed by atoms with Crippen LogP contribution in [0, 0.1) is 5.41 Å². The molecule has 0 unspecified atom stereocenters. The fraction of sp³-hybridized carbons (Fsp3) is 0.643. The van der Waals surface area contributed by atoms with E-state index in [9.17, 15) is 9.59 Å². The van der Waals surface area contributed by atoms with E-state index in [1.54, 1.807) is 41.5 Å². The average Bonchev–Trinajstić information content (AvgIpc) is 2.19. The summed E-state index contributed by atoms with van der Waals surface area (Å²) in [7, 11) is 0. The fourth-order valence-corrected chi connectivity index (χ4v) is 1.17. The summed E-state index contributed by atoms with van der Waals surface area (Å²) in [6, 6.07) is 0. The van der Waals surface area contributed by atoms with E-state index >= 15 is 0 Å². The summed E-state index contributed by atoms with van der Waals surface area (Å²) in [5.41, 5.74) is -1.40. The van der Waals surface area contributed by atoms with Gasteiger partial charge in [0, 0.05) is 6.54 Å². The van der Waals surface area contributed by atoms with Crippen molar-refractivity contribution in [1.29, 1.82) is 5.41 Å². The minimum atomic E-state index is -0.815. The van der Waals surface area contributed by atoms with Crippen molar-refractivity contribution in [2.75, 3.05) is 6.54 Å². The van der Waals surface area contributed by atoms with Crippen LogP contribution in [-0.4, -0.2) is 40.8 Å². The molecule has 0 atom stereocenters. The van der Waals surface area contributed by atoms with Gasteiger partial charge in [-0.2, -0.15) is 0 Å². The third-order valence-electron chi connectivity index (χ3n) is 1.81. The van der Waals surface area contributed by atoms with Crippen LogP contribution in [0.4, 0.5) is 9.59 Å². The number of carbonyl (C=O) groups excluding carboxylic acids is 2. The molecule has 0 radical (unpaired) electrons. The van der Waals surface area contributed by atoms with Crippen molar-refractivity contribution in [1.82, 2.24) is 10.2 Å². The van der Waals surface area contributed by atoms with Gasteiger partial charge >= 0.3 is 12.2 Å². The number of rotatable bonds is 2. The van der Waals surface area contributed by atoms with E-state index in [1.165, 1.54) is 6.08 Å². The van der Waals surface area contributed by atoms with Crippen molar-refractivity contribution >= 4 is 18.1 Å². The maximum Gasteiger partial charge on any atom is 0.417 e. The van der Waals surface area contributed by atoms with Crippen LogP contribution in [0.1, 0.15) is 41.5 Å². The highest BCUT2D eigenvalue weighted by Gasteiger charge is 2.26. The normalized spacial score (nSPS) is 11.3. The van der Waals surface area contributed by atoms with Gasteiger partial charge in [0.15, 0.2) is 0 Å². The summed E-state index contributed by atoms with van der Waals surface area (Å²) >= 11 is 0. The van der Waals surface area contributed by atoms with E-state index in [0.717, 1.165) is 4.90 Å². The molecule has 120 valence electrons. The third kappa shape index (κ3) is 8.67. The second-order valence-electron chi connectivity index (χ2n) is 6.36. The van der Waals surface area contributed by atoms with Crippen molar-refractivity contribution in [2.45, 2.75) is 52.7 Å². The summed E-state index contributed by atoms with van der Waals surface area (Å²) in [5, 5.41) is 9.98. The Morgan fingerprint density at radius 1 is 1.14 bits per heavy atom. The first kappa shape index (κ1) is 18.9. The molecule has 0 rings (SSSR count). The van der Waals surface area contributed by atoms with Gasteiger partial charge in [0.1, 0.15) is 11.2 Å². The molecule has 0 saturated carbocycles. The van der Waals surface area contributed by atoms with Crippen LogP contribution in [0.25, 0.3) is 0 Å². The van der Waals surface area contributed by atoms with Gasteiger partial charge in [0.25, 0.3) is 0 Å². The molecular formula is C14H25N3O4. The van der Waals surface area contributed by atoms with Gasteiger partial charge in [-0.15, -0.1) is 6.58 Å². The molecule has 0 spiro atoms. The monoisotopic (exact) mass is 299 g/mol. The third-order valence-corrected chi connectivity index (χ3v) is 1.81. The molecular weight excluding hydrogens is 274 g/mol. The fourth-order valence-electron chi connectivity index (χ4n) is 1.17. The predicted octanol–water partition coefficient (Wildman–Crippen LogP) is 2.87. The van der Waals surface area contributed by atoms with Crippen LogP contribution in [0.2, 0.25) is 0 Å². The molecule has 0 aliphatic heterocycles. The minimum Gasteiger partial charge on any atom is -0.444 e. The van der Waals surface area contributed by atoms with Gasteiger partial charge in [-0.1, -0.05) is 6.08 Å². The lowest BCUT2D eigenvalue weighted by Crippen LogP contribution is -2.49. The average molecular weight is 299 g/mol. The number of guanidine groups is 1. The van der Waals surface area contributed by atoms with Gasteiger partial charge in [0.05, 0.1) is 0 Å². The van der Waals surface area contributed by atoms with Crippen LogP contribution in [0.3, 0.4) is 0 Å². The number of alkyl carbamates (subject to hydrolysis) is 1. The minimum absolute atomic E-state index is 0.0313. The Hall–Kier alpha value is -2.05. The molecule has 0 heterocycles. The Labute approximate surface area is 125 Å². The lowest BCUT2D eigenvalue weighted by molar-refractivity contribution is 0.0372. The standard InChI is InChI=1S/C14H25N3O4/c1-8-9-17(12(19)21-14(5,6)7)10(15)16-11(18)20-13(2,3)4/h8H,1,9H2,2-7H3,(H2,15,16,18). The molecule has 0 saturated heterocycles. The highest BCUT2D eigenvalue weighted by Crippen LogP contribution is 2.10. The van der Waals surface area contributed by atoms with Gasteiger partial charge in [-0.3, -0.25) is 10.7 Å². The van der Waals surface area contributed by atoms with E-state index in [1.807, 2.05) is 0 Å². The SMILES string of the molecule is C=CCN(C(=N)NC(=O)OC(C)(C)C)C(=O)OC(C)(C)C. The first-order valence-corrected chi connectivity index (χ1v) is 6.55. The summed E-state index contributed by atoms with van der Waals surface area (Å²) in [4.78, 5) is 24.5. The van der Waals surface area contributed by atoms with Crippen molar-refractivity contribution in [3.8, 4) is 0 Å². The molecule has 0 aromatic rings. The number of ether oxygens (including phenoxy) is 2. The Bertz CT molecular complexity index is 419. The molecule has 0 bridgehead atoms. The smallest absolute Gasteiger partial charge is 0.417 e.